The molecule has 1 N–H and O–H groups in total. The molecule has 2 aromatic rings. The van der Waals surface area contributed by atoms with E-state index in [9.17, 15) is 9.59 Å². The van der Waals surface area contributed by atoms with Crippen LogP contribution in [0.5, 0.6) is 0 Å². The summed E-state index contributed by atoms with van der Waals surface area (Å²) in [7, 11) is 1.35. The molecule has 0 saturated carbocycles. The van der Waals surface area contributed by atoms with Gasteiger partial charge in [0, 0.05) is 25.1 Å². The molecule has 1 amide bonds. The van der Waals surface area contributed by atoms with Crippen LogP contribution in [0.15, 0.2) is 30.3 Å². The van der Waals surface area contributed by atoms with Crippen molar-refractivity contribution in [3.63, 3.8) is 0 Å². The molecule has 0 aliphatic carbocycles. The number of esters is 1. The second kappa shape index (κ2) is 8.57. The van der Waals surface area contributed by atoms with Gasteiger partial charge in [-0.3, -0.25) is 4.79 Å². The van der Waals surface area contributed by atoms with E-state index in [0.29, 0.717) is 50.6 Å². The van der Waals surface area contributed by atoms with Gasteiger partial charge in [0.05, 0.1) is 20.3 Å². The molecule has 1 aromatic heterocycles. The van der Waals surface area contributed by atoms with Crippen molar-refractivity contribution in [2.45, 2.75) is 25.4 Å². The van der Waals surface area contributed by atoms with Gasteiger partial charge in [0.15, 0.2) is 6.10 Å². The first-order valence-corrected chi connectivity index (χ1v) is 9.82. The maximum absolute atomic E-state index is 12.4. The van der Waals surface area contributed by atoms with Crippen molar-refractivity contribution in [3.8, 4) is 0 Å². The van der Waals surface area contributed by atoms with Gasteiger partial charge < -0.3 is 19.7 Å². The highest BCUT2D eigenvalue weighted by atomic mass is 16.6. The minimum absolute atomic E-state index is 0.173. The van der Waals surface area contributed by atoms with Crippen molar-refractivity contribution >= 4 is 17.7 Å². The molecule has 2 aliphatic heterocycles. The summed E-state index contributed by atoms with van der Waals surface area (Å²) in [4.78, 5) is 35.8. The lowest BCUT2D eigenvalue weighted by Gasteiger charge is -2.34. The molecule has 1 fully saturated rings. The Morgan fingerprint density at radius 2 is 2.10 bits per heavy atom. The second-order valence-electron chi connectivity index (χ2n) is 7.11. The summed E-state index contributed by atoms with van der Waals surface area (Å²) >= 11 is 0. The molecule has 0 radical (unpaired) electrons. The molecular formula is C21H24N4O4. The van der Waals surface area contributed by atoms with E-state index in [1.807, 2.05) is 23.1 Å². The summed E-state index contributed by atoms with van der Waals surface area (Å²) in [6, 6.07) is 10.1. The molecule has 1 saturated heterocycles. The molecule has 0 spiro atoms. The number of nitrogens with zero attached hydrogens (tertiary/aromatic N) is 3. The number of benzene rings is 1. The van der Waals surface area contributed by atoms with E-state index in [4.69, 9.17) is 14.5 Å². The first-order valence-electron chi connectivity index (χ1n) is 9.82. The van der Waals surface area contributed by atoms with Crippen molar-refractivity contribution in [2.24, 2.45) is 0 Å². The predicted molar refractivity (Wildman–Crippen MR) is 106 cm³/mol. The number of morpholine rings is 1. The number of anilines is 1. The van der Waals surface area contributed by atoms with Gasteiger partial charge in [-0.15, -0.1) is 0 Å². The zero-order chi connectivity index (χ0) is 20.2. The van der Waals surface area contributed by atoms with E-state index in [-0.39, 0.29) is 5.91 Å². The molecule has 4 rings (SSSR count). The fourth-order valence-corrected chi connectivity index (χ4v) is 3.71. The van der Waals surface area contributed by atoms with Crippen LogP contribution in [-0.4, -0.2) is 61.3 Å². The van der Waals surface area contributed by atoms with Crippen LogP contribution in [0.1, 0.15) is 27.4 Å². The van der Waals surface area contributed by atoms with Crippen molar-refractivity contribution in [3.05, 3.63) is 53.0 Å². The molecule has 8 nitrogen and oxygen atoms in total. The normalized spacial score (nSPS) is 18.7. The molecule has 2 aliphatic rings. The zero-order valence-corrected chi connectivity index (χ0v) is 16.4. The van der Waals surface area contributed by atoms with Gasteiger partial charge in [-0.1, -0.05) is 30.3 Å². The molecule has 3 heterocycles. The third-order valence-corrected chi connectivity index (χ3v) is 5.22. The van der Waals surface area contributed by atoms with E-state index in [1.165, 1.54) is 12.7 Å². The number of aryl methyl sites for hydroxylation is 2. The Morgan fingerprint density at radius 3 is 2.90 bits per heavy atom. The number of carbonyl (C=O) groups excluding carboxylic acids is 2. The second-order valence-corrected chi connectivity index (χ2v) is 7.11. The fraction of sp³-hybridized carbons (Fsp3) is 0.429. The summed E-state index contributed by atoms with van der Waals surface area (Å²) < 4.78 is 10.4. The van der Waals surface area contributed by atoms with E-state index < -0.39 is 12.1 Å². The monoisotopic (exact) mass is 396 g/mol. The van der Waals surface area contributed by atoms with Crippen molar-refractivity contribution < 1.29 is 19.1 Å². The Morgan fingerprint density at radius 1 is 1.28 bits per heavy atom. The lowest BCUT2D eigenvalue weighted by molar-refractivity contribution is -0.154. The number of amides is 1. The number of nitrogens with one attached hydrogen (secondary N) is 1. The van der Waals surface area contributed by atoms with E-state index >= 15 is 0 Å². The van der Waals surface area contributed by atoms with Gasteiger partial charge in [-0.05, 0) is 18.4 Å². The summed E-state index contributed by atoms with van der Waals surface area (Å²) in [5.41, 5.74) is 2.46. The number of rotatable bonds is 5. The van der Waals surface area contributed by atoms with Crippen LogP contribution in [0.2, 0.25) is 0 Å². The summed E-state index contributed by atoms with van der Waals surface area (Å²) in [6.45, 7) is 1.88. The molecule has 29 heavy (non-hydrogen) atoms. The van der Waals surface area contributed by atoms with Crippen LogP contribution < -0.4 is 10.2 Å². The minimum atomic E-state index is -0.662. The Labute approximate surface area is 169 Å². The van der Waals surface area contributed by atoms with Crippen LogP contribution in [0, 0.1) is 0 Å². The summed E-state index contributed by atoms with van der Waals surface area (Å²) in [6.07, 6.45) is 1.41. The molecule has 1 unspecified atom stereocenters. The SMILES string of the molecule is COC(=O)C1CN(c2nc(CCc3ccccc3)nc3c2CCNC3=O)CCO1. The van der Waals surface area contributed by atoms with Crippen LogP contribution in [-0.2, 0) is 33.5 Å². The van der Waals surface area contributed by atoms with Gasteiger partial charge in [0.25, 0.3) is 5.91 Å². The molecule has 8 heteroatoms. The number of ether oxygens (including phenoxy) is 2. The Balaban J connectivity index is 1.63. The van der Waals surface area contributed by atoms with Crippen molar-refractivity contribution in [1.82, 2.24) is 15.3 Å². The summed E-state index contributed by atoms with van der Waals surface area (Å²) in [5, 5.41) is 2.86. The number of aromatic nitrogens is 2. The van der Waals surface area contributed by atoms with Crippen molar-refractivity contribution in [1.29, 1.82) is 0 Å². The molecule has 152 valence electrons. The lowest BCUT2D eigenvalue weighted by atomic mass is 10.0. The lowest BCUT2D eigenvalue weighted by Crippen LogP contribution is -2.48. The number of fused-ring (bicyclic) bond motifs is 1. The highest BCUT2D eigenvalue weighted by molar-refractivity contribution is 5.96. The van der Waals surface area contributed by atoms with Crippen molar-refractivity contribution in [2.75, 3.05) is 38.3 Å². The molecule has 1 aromatic carbocycles. The van der Waals surface area contributed by atoms with Crippen LogP contribution in [0.4, 0.5) is 5.82 Å². The molecule has 0 bridgehead atoms. The number of carbonyl (C=O) groups is 2. The molecular weight excluding hydrogens is 372 g/mol. The highest BCUT2D eigenvalue weighted by Gasteiger charge is 2.32. The Bertz CT molecular complexity index is 903. The number of methoxy groups -OCH3 is 1. The maximum Gasteiger partial charge on any atom is 0.336 e. The third kappa shape index (κ3) is 4.22. The third-order valence-electron chi connectivity index (χ3n) is 5.22. The van der Waals surface area contributed by atoms with E-state index in [2.05, 4.69) is 22.4 Å². The zero-order valence-electron chi connectivity index (χ0n) is 16.4. The highest BCUT2D eigenvalue weighted by Crippen LogP contribution is 2.26. The van der Waals surface area contributed by atoms with Crippen LogP contribution in [0.3, 0.4) is 0 Å². The van der Waals surface area contributed by atoms with E-state index in [1.54, 1.807) is 0 Å². The first-order chi connectivity index (χ1) is 14.2. The maximum atomic E-state index is 12.4. The van der Waals surface area contributed by atoms with Gasteiger partial charge in [0.2, 0.25) is 0 Å². The van der Waals surface area contributed by atoms with Gasteiger partial charge in [-0.2, -0.15) is 0 Å². The quantitative estimate of drug-likeness (QED) is 0.752. The first kappa shape index (κ1) is 19.3. The average molecular weight is 396 g/mol. The van der Waals surface area contributed by atoms with Crippen LogP contribution >= 0.6 is 0 Å². The van der Waals surface area contributed by atoms with Crippen LogP contribution in [0.25, 0.3) is 0 Å². The molecule has 1 atom stereocenters. The number of hydrogen-bond donors (Lipinski definition) is 1. The standard InChI is InChI=1S/C21H24N4O4/c1-28-21(27)16-13-25(11-12-29-16)19-15-9-10-22-20(26)18(15)23-17(24-19)8-7-14-5-3-2-4-6-14/h2-6,16H,7-13H2,1H3,(H,22,26). The van der Waals surface area contributed by atoms with Gasteiger partial charge in [0.1, 0.15) is 17.3 Å². The Kier molecular flexibility index (Phi) is 5.71. The van der Waals surface area contributed by atoms with Gasteiger partial charge >= 0.3 is 5.97 Å². The smallest absolute Gasteiger partial charge is 0.336 e. The number of hydrogen-bond acceptors (Lipinski definition) is 7. The van der Waals surface area contributed by atoms with E-state index in [0.717, 1.165) is 17.8 Å². The fourth-order valence-electron chi connectivity index (χ4n) is 3.71. The minimum Gasteiger partial charge on any atom is -0.467 e. The van der Waals surface area contributed by atoms with Gasteiger partial charge in [-0.25, -0.2) is 14.8 Å². The summed E-state index contributed by atoms with van der Waals surface area (Å²) in [5.74, 6) is 0.777. The Hall–Kier alpha value is -3.00. The average Bonchev–Trinajstić information content (AvgIpc) is 2.78. The largest absolute Gasteiger partial charge is 0.467 e. The topological polar surface area (TPSA) is 93.6 Å². The predicted octanol–water partition coefficient (Wildman–Crippen LogP) is 0.926.